The maximum Gasteiger partial charge on any atom is 0.191 e. The number of aliphatic imine (C=N–C) groups is 1. The van der Waals surface area contributed by atoms with E-state index in [1.165, 1.54) is 31.4 Å². The van der Waals surface area contributed by atoms with Crippen LogP contribution >= 0.6 is 0 Å². The van der Waals surface area contributed by atoms with Crippen LogP contribution in [0, 0.1) is 0 Å². The van der Waals surface area contributed by atoms with Gasteiger partial charge in [0.05, 0.1) is 0 Å². The van der Waals surface area contributed by atoms with Crippen LogP contribution in [0.5, 0.6) is 0 Å². The van der Waals surface area contributed by atoms with Crippen molar-refractivity contribution in [1.29, 1.82) is 0 Å². The number of hydrogen-bond donors (Lipinski definition) is 2. The molecule has 1 aliphatic heterocycles. The maximum absolute atomic E-state index is 12.2. The second kappa shape index (κ2) is 11.7. The predicted molar refractivity (Wildman–Crippen MR) is 124 cm³/mol. The van der Waals surface area contributed by atoms with Crippen LogP contribution < -0.4 is 10.6 Å². The van der Waals surface area contributed by atoms with Crippen LogP contribution in [-0.4, -0.2) is 58.3 Å². The van der Waals surface area contributed by atoms with Crippen molar-refractivity contribution in [2.24, 2.45) is 4.99 Å². The van der Waals surface area contributed by atoms with Crippen molar-refractivity contribution >= 4 is 16.8 Å². The highest BCUT2D eigenvalue weighted by Gasteiger charge is 2.27. The molecule has 2 aliphatic rings. The number of piperidine rings is 1. The molecule has 1 saturated carbocycles. The van der Waals surface area contributed by atoms with Crippen molar-refractivity contribution in [3.05, 3.63) is 35.9 Å². The molecular formula is C23H38N4OS. The fourth-order valence-corrected chi connectivity index (χ4v) is 6.02. The van der Waals surface area contributed by atoms with E-state index in [1.54, 1.807) is 0 Å². The molecule has 1 aromatic rings. The Balaban J connectivity index is 1.50. The minimum atomic E-state index is -0.690. The molecule has 6 heteroatoms. The highest BCUT2D eigenvalue weighted by molar-refractivity contribution is 7.85. The summed E-state index contributed by atoms with van der Waals surface area (Å²) in [6, 6.07) is 11.7. The lowest BCUT2D eigenvalue weighted by molar-refractivity contribution is 0.141. The average Bonchev–Trinajstić information content (AvgIpc) is 2.78. The zero-order chi connectivity index (χ0) is 20.5. The van der Waals surface area contributed by atoms with E-state index < -0.39 is 10.8 Å². The zero-order valence-electron chi connectivity index (χ0n) is 18.1. The summed E-state index contributed by atoms with van der Waals surface area (Å²) in [7, 11) is 1.16. The first-order valence-electron chi connectivity index (χ1n) is 11.3. The number of rotatable bonds is 7. The molecule has 2 N–H and O–H groups in total. The minimum Gasteiger partial charge on any atom is -0.355 e. The zero-order valence-corrected chi connectivity index (χ0v) is 18.9. The Labute approximate surface area is 179 Å². The summed E-state index contributed by atoms with van der Waals surface area (Å²) in [5.74, 6) is 1.66. The standard InChI is InChI=1S/C23H38N4OS/c1-3-29(28)22-14-9-12-20(16-22)26-23(24-2)25-17-21-13-7-8-15-27(21)18-19-10-5-4-6-11-19/h4-6,10-11,20-22H,3,7-9,12-18H2,1-2H3,(H2,24,25,26). The van der Waals surface area contributed by atoms with Crippen molar-refractivity contribution in [2.45, 2.75) is 75.7 Å². The van der Waals surface area contributed by atoms with Crippen molar-refractivity contribution in [2.75, 3.05) is 25.9 Å². The van der Waals surface area contributed by atoms with Crippen molar-refractivity contribution < 1.29 is 4.21 Å². The fraction of sp³-hybridized carbons (Fsp3) is 0.696. The highest BCUT2D eigenvalue weighted by atomic mass is 32.2. The summed E-state index contributed by atoms with van der Waals surface area (Å²) in [6.07, 6.45) is 8.20. The molecule has 162 valence electrons. The van der Waals surface area contributed by atoms with Gasteiger partial charge in [-0.15, -0.1) is 0 Å². The van der Waals surface area contributed by atoms with Crippen LogP contribution in [-0.2, 0) is 17.3 Å². The number of nitrogens with one attached hydrogen (secondary N) is 2. The van der Waals surface area contributed by atoms with Crippen LogP contribution in [0.2, 0.25) is 0 Å². The number of guanidine groups is 1. The topological polar surface area (TPSA) is 56.7 Å². The summed E-state index contributed by atoms with van der Waals surface area (Å²) < 4.78 is 12.2. The number of hydrogen-bond acceptors (Lipinski definition) is 3. The van der Waals surface area contributed by atoms with E-state index >= 15 is 0 Å². The molecule has 1 aliphatic carbocycles. The van der Waals surface area contributed by atoms with Gasteiger partial charge in [0.15, 0.2) is 5.96 Å². The predicted octanol–water partition coefficient (Wildman–Crippen LogP) is 3.29. The third kappa shape index (κ3) is 6.82. The molecule has 0 spiro atoms. The van der Waals surface area contributed by atoms with Crippen molar-refractivity contribution in [3.63, 3.8) is 0 Å². The average molecular weight is 419 g/mol. The third-order valence-electron chi connectivity index (χ3n) is 6.33. The molecular weight excluding hydrogens is 380 g/mol. The van der Waals surface area contributed by atoms with Gasteiger partial charge in [-0.05, 0) is 44.2 Å². The van der Waals surface area contributed by atoms with E-state index in [0.29, 0.717) is 17.3 Å². The highest BCUT2D eigenvalue weighted by Crippen LogP contribution is 2.23. The van der Waals surface area contributed by atoms with Crippen molar-refractivity contribution in [1.82, 2.24) is 15.5 Å². The van der Waals surface area contributed by atoms with Crippen molar-refractivity contribution in [3.8, 4) is 0 Å². The minimum absolute atomic E-state index is 0.337. The molecule has 0 aromatic heterocycles. The molecule has 0 amide bonds. The van der Waals surface area contributed by atoms with E-state index in [4.69, 9.17) is 0 Å². The summed E-state index contributed by atoms with van der Waals surface area (Å²) >= 11 is 0. The lowest BCUT2D eigenvalue weighted by Crippen LogP contribution is -2.51. The quantitative estimate of drug-likeness (QED) is 0.527. The maximum atomic E-state index is 12.2. The van der Waals surface area contributed by atoms with Gasteiger partial charge in [-0.25, -0.2) is 0 Å². The summed E-state index contributed by atoms with van der Waals surface area (Å²) in [5, 5.41) is 7.52. The van der Waals surface area contributed by atoms with Gasteiger partial charge in [0.25, 0.3) is 0 Å². The Bertz CT molecular complexity index is 666. The van der Waals surface area contributed by atoms with Gasteiger partial charge in [-0.3, -0.25) is 14.1 Å². The molecule has 1 heterocycles. The normalized spacial score (nSPS) is 27.4. The Kier molecular flexibility index (Phi) is 8.99. The first kappa shape index (κ1) is 22.3. The van der Waals surface area contributed by atoms with E-state index in [9.17, 15) is 4.21 Å². The smallest absolute Gasteiger partial charge is 0.191 e. The number of benzene rings is 1. The second-order valence-electron chi connectivity index (χ2n) is 8.36. The van der Waals surface area contributed by atoms with E-state index in [1.807, 2.05) is 14.0 Å². The third-order valence-corrected chi connectivity index (χ3v) is 8.07. The fourth-order valence-electron chi connectivity index (χ4n) is 4.67. The lowest BCUT2D eigenvalue weighted by Gasteiger charge is -2.36. The Hall–Kier alpha value is -1.40. The van der Waals surface area contributed by atoms with Gasteiger partial charge >= 0.3 is 0 Å². The molecule has 1 saturated heterocycles. The van der Waals surface area contributed by atoms with E-state index in [0.717, 1.165) is 50.5 Å². The summed E-state index contributed by atoms with van der Waals surface area (Å²) in [6.45, 7) is 5.13. The SMILES string of the molecule is CCS(=O)C1CCCC(NC(=NC)NCC2CCCCN2Cc2ccccc2)C1. The first-order chi connectivity index (χ1) is 14.2. The Morgan fingerprint density at radius 3 is 2.76 bits per heavy atom. The van der Waals surface area contributed by atoms with Gasteiger partial charge in [-0.1, -0.05) is 50.1 Å². The van der Waals surface area contributed by atoms with Crippen LogP contribution in [0.15, 0.2) is 35.3 Å². The van der Waals surface area contributed by atoms with Crippen LogP contribution in [0.25, 0.3) is 0 Å². The van der Waals surface area contributed by atoms with E-state index in [2.05, 4.69) is 50.9 Å². The Morgan fingerprint density at radius 1 is 1.17 bits per heavy atom. The lowest BCUT2D eigenvalue weighted by atomic mass is 9.95. The number of likely N-dealkylation sites (tertiary alicyclic amines) is 1. The van der Waals surface area contributed by atoms with Gasteiger partial charge in [-0.2, -0.15) is 0 Å². The second-order valence-corrected chi connectivity index (χ2v) is 10.4. The molecule has 0 radical (unpaired) electrons. The van der Waals surface area contributed by atoms with E-state index in [-0.39, 0.29) is 0 Å². The van der Waals surface area contributed by atoms with Crippen LogP contribution in [0.4, 0.5) is 0 Å². The van der Waals surface area contributed by atoms with Gasteiger partial charge in [0.1, 0.15) is 0 Å². The summed E-state index contributed by atoms with van der Waals surface area (Å²) in [5.41, 5.74) is 1.39. The summed E-state index contributed by atoms with van der Waals surface area (Å²) in [4.78, 5) is 7.08. The molecule has 0 bridgehead atoms. The monoisotopic (exact) mass is 418 g/mol. The largest absolute Gasteiger partial charge is 0.355 e. The molecule has 1 aromatic carbocycles. The number of nitrogens with zero attached hydrogens (tertiary/aromatic N) is 2. The van der Waals surface area contributed by atoms with Crippen LogP contribution in [0.1, 0.15) is 57.4 Å². The molecule has 5 nitrogen and oxygen atoms in total. The molecule has 4 atom stereocenters. The molecule has 4 unspecified atom stereocenters. The molecule has 3 rings (SSSR count). The molecule has 2 fully saturated rings. The molecule has 29 heavy (non-hydrogen) atoms. The van der Waals surface area contributed by atoms with Gasteiger partial charge in [0, 0.05) is 54.0 Å². The van der Waals surface area contributed by atoms with Gasteiger partial charge in [0.2, 0.25) is 0 Å². The first-order valence-corrected chi connectivity index (χ1v) is 12.7. The van der Waals surface area contributed by atoms with Crippen LogP contribution in [0.3, 0.4) is 0 Å². The van der Waals surface area contributed by atoms with Gasteiger partial charge < -0.3 is 10.6 Å². The Morgan fingerprint density at radius 2 is 2.00 bits per heavy atom.